The summed E-state index contributed by atoms with van der Waals surface area (Å²) < 4.78 is 18.5. The standard InChI is InChI=1S/C17H18FNO3/c1-11-3-5-13(8-16(11)22-2)17(21)19-9-12-4-6-15(18)14(7-12)10-20/h3-8,20H,9-10H2,1-2H3,(H,19,21). The number of rotatable bonds is 5. The third-order valence-corrected chi connectivity index (χ3v) is 3.40. The van der Waals surface area contributed by atoms with Crippen LogP contribution >= 0.6 is 0 Å². The van der Waals surface area contributed by atoms with E-state index in [0.717, 1.165) is 11.1 Å². The molecule has 0 aromatic heterocycles. The molecule has 0 radical (unpaired) electrons. The summed E-state index contributed by atoms with van der Waals surface area (Å²) in [6.07, 6.45) is 0. The molecule has 2 rings (SSSR count). The van der Waals surface area contributed by atoms with Crippen molar-refractivity contribution in [2.45, 2.75) is 20.1 Å². The first-order chi connectivity index (χ1) is 10.5. The molecule has 2 aromatic carbocycles. The van der Waals surface area contributed by atoms with Crippen LogP contribution in [0.1, 0.15) is 27.0 Å². The van der Waals surface area contributed by atoms with Gasteiger partial charge < -0.3 is 15.2 Å². The Morgan fingerprint density at radius 2 is 2.05 bits per heavy atom. The van der Waals surface area contributed by atoms with Gasteiger partial charge in [0.05, 0.1) is 13.7 Å². The zero-order chi connectivity index (χ0) is 16.1. The van der Waals surface area contributed by atoms with E-state index in [1.54, 1.807) is 25.3 Å². The normalized spacial score (nSPS) is 10.4. The molecule has 4 nitrogen and oxygen atoms in total. The van der Waals surface area contributed by atoms with Crippen molar-refractivity contribution in [3.05, 3.63) is 64.5 Å². The fourth-order valence-corrected chi connectivity index (χ4v) is 2.10. The van der Waals surface area contributed by atoms with Crippen LogP contribution in [0.2, 0.25) is 0 Å². The topological polar surface area (TPSA) is 58.6 Å². The molecule has 2 aromatic rings. The molecule has 0 aliphatic heterocycles. The fourth-order valence-electron chi connectivity index (χ4n) is 2.10. The van der Waals surface area contributed by atoms with Crippen molar-refractivity contribution < 1.29 is 19.0 Å². The summed E-state index contributed by atoms with van der Waals surface area (Å²) in [6.45, 7) is 1.78. The van der Waals surface area contributed by atoms with Crippen LogP contribution < -0.4 is 10.1 Å². The lowest BCUT2D eigenvalue weighted by Crippen LogP contribution is -2.23. The Bertz CT molecular complexity index is 686. The van der Waals surface area contributed by atoms with Gasteiger partial charge in [-0.25, -0.2) is 4.39 Å². The van der Waals surface area contributed by atoms with Crippen LogP contribution in [0.5, 0.6) is 5.75 Å². The number of benzene rings is 2. The van der Waals surface area contributed by atoms with Crippen LogP contribution in [0, 0.1) is 12.7 Å². The third-order valence-electron chi connectivity index (χ3n) is 3.40. The van der Waals surface area contributed by atoms with Crippen LogP contribution in [0.25, 0.3) is 0 Å². The van der Waals surface area contributed by atoms with Gasteiger partial charge in [0.2, 0.25) is 0 Å². The number of aliphatic hydroxyl groups is 1. The maximum atomic E-state index is 13.3. The second-order valence-corrected chi connectivity index (χ2v) is 4.95. The minimum absolute atomic E-state index is 0.212. The number of hydrogen-bond acceptors (Lipinski definition) is 3. The molecule has 2 N–H and O–H groups in total. The van der Waals surface area contributed by atoms with Gasteiger partial charge in [0.15, 0.2) is 0 Å². The van der Waals surface area contributed by atoms with Crippen molar-refractivity contribution in [1.29, 1.82) is 0 Å². The van der Waals surface area contributed by atoms with Gasteiger partial charge in [0.25, 0.3) is 5.91 Å². The smallest absolute Gasteiger partial charge is 0.251 e. The largest absolute Gasteiger partial charge is 0.496 e. The lowest BCUT2D eigenvalue weighted by Gasteiger charge is -2.09. The minimum Gasteiger partial charge on any atom is -0.496 e. The Hall–Kier alpha value is -2.40. The first-order valence-corrected chi connectivity index (χ1v) is 6.86. The van der Waals surface area contributed by atoms with Crippen molar-refractivity contribution in [2.75, 3.05) is 7.11 Å². The summed E-state index contributed by atoms with van der Waals surface area (Å²) in [5, 5.41) is 11.8. The number of aliphatic hydroxyl groups excluding tert-OH is 1. The summed E-state index contributed by atoms with van der Waals surface area (Å²) in [5.74, 6) is -0.0500. The van der Waals surface area contributed by atoms with Gasteiger partial charge in [-0.05, 0) is 42.3 Å². The average Bonchev–Trinajstić information content (AvgIpc) is 2.54. The highest BCUT2D eigenvalue weighted by Crippen LogP contribution is 2.19. The van der Waals surface area contributed by atoms with Gasteiger partial charge in [0.1, 0.15) is 11.6 Å². The number of methoxy groups -OCH3 is 1. The predicted molar refractivity (Wildman–Crippen MR) is 81.2 cm³/mol. The van der Waals surface area contributed by atoms with Crippen molar-refractivity contribution in [3.8, 4) is 5.75 Å². The van der Waals surface area contributed by atoms with Crippen molar-refractivity contribution in [2.24, 2.45) is 0 Å². The third kappa shape index (κ3) is 3.62. The molecule has 0 spiro atoms. The molecular weight excluding hydrogens is 285 g/mol. The van der Waals surface area contributed by atoms with E-state index in [2.05, 4.69) is 5.32 Å². The minimum atomic E-state index is -0.458. The molecule has 0 aliphatic rings. The highest BCUT2D eigenvalue weighted by Gasteiger charge is 2.09. The van der Waals surface area contributed by atoms with E-state index in [1.165, 1.54) is 12.1 Å². The van der Waals surface area contributed by atoms with Crippen molar-refractivity contribution in [1.82, 2.24) is 5.32 Å². The van der Waals surface area contributed by atoms with E-state index in [9.17, 15) is 9.18 Å². The van der Waals surface area contributed by atoms with Gasteiger partial charge >= 0.3 is 0 Å². The van der Waals surface area contributed by atoms with Gasteiger partial charge in [-0.2, -0.15) is 0 Å². The molecule has 0 saturated heterocycles. The number of carbonyl (C=O) groups is 1. The lowest BCUT2D eigenvalue weighted by molar-refractivity contribution is 0.0950. The van der Waals surface area contributed by atoms with Gasteiger partial charge in [0, 0.05) is 17.7 Å². The molecule has 0 heterocycles. The zero-order valence-electron chi connectivity index (χ0n) is 12.5. The Morgan fingerprint density at radius 3 is 2.73 bits per heavy atom. The van der Waals surface area contributed by atoms with E-state index in [1.807, 2.05) is 13.0 Å². The predicted octanol–water partition coefficient (Wildman–Crippen LogP) is 2.57. The first kappa shape index (κ1) is 16.0. The number of halogens is 1. The summed E-state index contributed by atoms with van der Waals surface area (Å²) in [4.78, 5) is 12.1. The van der Waals surface area contributed by atoms with Gasteiger partial charge in [-0.15, -0.1) is 0 Å². The number of amides is 1. The van der Waals surface area contributed by atoms with E-state index in [0.29, 0.717) is 11.3 Å². The highest BCUT2D eigenvalue weighted by atomic mass is 19.1. The van der Waals surface area contributed by atoms with E-state index in [-0.39, 0.29) is 24.6 Å². The Labute approximate surface area is 128 Å². The average molecular weight is 303 g/mol. The maximum Gasteiger partial charge on any atom is 0.251 e. The molecule has 5 heteroatoms. The van der Waals surface area contributed by atoms with Crippen molar-refractivity contribution in [3.63, 3.8) is 0 Å². The number of ether oxygens (including phenoxy) is 1. The van der Waals surface area contributed by atoms with Gasteiger partial charge in [-0.1, -0.05) is 12.1 Å². The molecule has 0 atom stereocenters. The van der Waals surface area contributed by atoms with E-state index in [4.69, 9.17) is 9.84 Å². The monoisotopic (exact) mass is 303 g/mol. The summed E-state index contributed by atoms with van der Waals surface area (Å²) >= 11 is 0. The van der Waals surface area contributed by atoms with Crippen LogP contribution in [0.3, 0.4) is 0 Å². The second kappa shape index (κ2) is 7.04. The summed E-state index contributed by atoms with van der Waals surface area (Å²) in [6, 6.07) is 9.60. The van der Waals surface area contributed by atoms with Crippen LogP contribution in [-0.4, -0.2) is 18.1 Å². The Kier molecular flexibility index (Phi) is 5.12. The number of carbonyl (C=O) groups excluding carboxylic acids is 1. The molecule has 1 amide bonds. The van der Waals surface area contributed by atoms with E-state index < -0.39 is 5.82 Å². The summed E-state index contributed by atoms with van der Waals surface area (Å²) in [7, 11) is 1.55. The summed E-state index contributed by atoms with van der Waals surface area (Å²) in [5.41, 5.74) is 2.37. The Morgan fingerprint density at radius 1 is 1.27 bits per heavy atom. The zero-order valence-corrected chi connectivity index (χ0v) is 12.5. The maximum absolute atomic E-state index is 13.3. The molecule has 0 aliphatic carbocycles. The number of aryl methyl sites for hydroxylation is 1. The molecule has 0 unspecified atom stereocenters. The highest BCUT2D eigenvalue weighted by molar-refractivity contribution is 5.94. The second-order valence-electron chi connectivity index (χ2n) is 4.95. The van der Waals surface area contributed by atoms with Crippen LogP contribution in [0.15, 0.2) is 36.4 Å². The first-order valence-electron chi connectivity index (χ1n) is 6.86. The quantitative estimate of drug-likeness (QED) is 0.892. The molecule has 0 fully saturated rings. The van der Waals surface area contributed by atoms with E-state index >= 15 is 0 Å². The molecule has 22 heavy (non-hydrogen) atoms. The fraction of sp³-hybridized carbons (Fsp3) is 0.235. The molecular formula is C17H18FNO3. The van der Waals surface area contributed by atoms with Crippen LogP contribution in [-0.2, 0) is 13.2 Å². The molecule has 116 valence electrons. The SMILES string of the molecule is COc1cc(C(=O)NCc2ccc(F)c(CO)c2)ccc1C. The number of nitrogens with one attached hydrogen (secondary N) is 1. The Balaban J connectivity index is 2.06. The number of hydrogen-bond donors (Lipinski definition) is 2. The molecule has 0 saturated carbocycles. The molecule has 0 bridgehead atoms. The van der Waals surface area contributed by atoms with Crippen LogP contribution in [0.4, 0.5) is 4.39 Å². The van der Waals surface area contributed by atoms with Gasteiger partial charge in [-0.3, -0.25) is 4.79 Å². The van der Waals surface area contributed by atoms with Crippen molar-refractivity contribution >= 4 is 5.91 Å². The lowest BCUT2D eigenvalue weighted by atomic mass is 10.1.